The third-order valence-corrected chi connectivity index (χ3v) is 8.71. The summed E-state index contributed by atoms with van der Waals surface area (Å²) >= 11 is 0. The van der Waals surface area contributed by atoms with Crippen LogP contribution in [-0.2, 0) is 17.9 Å². The number of aromatic nitrogens is 4. The first-order valence-corrected chi connectivity index (χ1v) is 16.9. The van der Waals surface area contributed by atoms with E-state index in [0.717, 1.165) is 62.5 Å². The molecule has 0 aliphatic carbocycles. The fourth-order valence-electron chi connectivity index (χ4n) is 4.75. The number of H-pyrrole nitrogens is 1. The van der Waals surface area contributed by atoms with Gasteiger partial charge in [-0.15, -0.1) is 0 Å². The molecule has 0 saturated heterocycles. The minimum Gasteiger partial charge on any atom is -0.507 e. The maximum absolute atomic E-state index is 10.8. The predicted molar refractivity (Wildman–Crippen MR) is 156 cm³/mol. The van der Waals surface area contributed by atoms with E-state index in [1.807, 2.05) is 48.0 Å². The van der Waals surface area contributed by atoms with E-state index in [2.05, 4.69) is 42.8 Å². The van der Waals surface area contributed by atoms with Crippen molar-refractivity contribution in [3.05, 3.63) is 65.7 Å². The van der Waals surface area contributed by atoms with Crippen molar-refractivity contribution in [1.29, 1.82) is 0 Å². The average molecular weight is 529 g/mol. The normalized spacial score (nSPS) is 12.1. The van der Waals surface area contributed by atoms with Crippen LogP contribution in [0.5, 0.6) is 5.75 Å². The molecule has 8 heteroatoms. The second kappa shape index (κ2) is 10.7. The molecule has 0 aliphatic heterocycles. The second-order valence-electron chi connectivity index (χ2n) is 11.1. The molecule has 0 fully saturated rings. The van der Waals surface area contributed by atoms with E-state index in [1.165, 1.54) is 0 Å². The number of aromatic hydroxyl groups is 1. The topological polar surface area (TPSA) is 96.2 Å². The Morgan fingerprint density at radius 1 is 1.05 bits per heavy atom. The maximum atomic E-state index is 10.8. The first kappa shape index (κ1) is 26.2. The fraction of sp³-hybridized carbons (Fsp3) is 0.333. The van der Waals surface area contributed by atoms with Gasteiger partial charge in [0.1, 0.15) is 18.2 Å². The van der Waals surface area contributed by atoms with E-state index in [9.17, 15) is 10.2 Å². The Kier molecular flexibility index (Phi) is 7.38. The van der Waals surface area contributed by atoms with E-state index in [1.54, 1.807) is 0 Å². The zero-order valence-electron chi connectivity index (χ0n) is 22.6. The summed E-state index contributed by atoms with van der Waals surface area (Å²) < 4.78 is 7.97. The van der Waals surface area contributed by atoms with Crippen LogP contribution in [0.2, 0.25) is 25.7 Å². The van der Waals surface area contributed by atoms with Gasteiger partial charge in [0.15, 0.2) is 5.82 Å². The van der Waals surface area contributed by atoms with Crippen LogP contribution in [0.4, 0.5) is 0 Å². The molecule has 0 radical (unpaired) electrons. The lowest BCUT2D eigenvalue weighted by molar-refractivity contribution is 0.0818. The highest BCUT2D eigenvalue weighted by Gasteiger charge is 2.19. The molecule has 3 N–H and O–H groups in total. The monoisotopic (exact) mass is 528 g/mol. The highest BCUT2D eigenvalue weighted by atomic mass is 28.3. The number of fused-ring (bicyclic) bond motifs is 2. The Morgan fingerprint density at radius 2 is 1.87 bits per heavy atom. The summed E-state index contributed by atoms with van der Waals surface area (Å²) in [6, 6.07) is 19.3. The number of hydrogen-bond acceptors (Lipinski definition) is 5. The largest absolute Gasteiger partial charge is 0.507 e. The summed E-state index contributed by atoms with van der Waals surface area (Å²) in [4.78, 5) is 8.25. The van der Waals surface area contributed by atoms with Gasteiger partial charge < -0.3 is 19.9 Å². The quantitative estimate of drug-likeness (QED) is 0.142. The molecule has 3 aromatic carbocycles. The molecule has 198 valence electrons. The van der Waals surface area contributed by atoms with Crippen LogP contribution in [0.25, 0.3) is 44.6 Å². The number of para-hydroxylation sites is 2. The number of benzene rings is 3. The van der Waals surface area contributed by atoms with Crippen molar-refractivity contribution in [2.75, 3.05) is 13.2 Å². The Balaban J connectivity index is 1.56. The van der Waals surface area contributed by atoms with Crippen molar-refractivity contribution in [2.24, 2.45) is 0 Å². The van der Waals surface area contributed by atoms with Crippen molar-refractivity contribution in [3.63, 3.8) is 0 Å². The Labute approximate surface area is 224 Å². The van der Waals surface area contributed by atoms with Gasteiger partial charge in [-0.25, -0.2) is 9.67 Å². The van der Waals surface area contributed by atoms with Gasteiger partial charge in [0.25, 0.3) is 0 Å². The van der Waals surface area contributed by atoms with Crippen molar-refractivity contribution >= 4 is 30.0 Å². The van der Waals surface area contributed by atoms with Gasteiger partial charge in [-0.2, -0.15) is 5.10 Å². The SMILES string of the molecule is Cc1c(-c2ccc3c(c2)c(-c2nc4ccccc4[nH]2)nn3COCC[Si](C)(C)C)ccc(CCCO)c1O. The molecule has 0 spiro atoms. The smallest absolute Gasteiger partial charge is 0.159 e. The molecule has 7 nitrogen and oxygen atoms in total. The van der Waals surface area contributed by atoms with E-state index >= 15 is 0 Å². The fourth-order valence-corrected chi connectivity index (χ4v) is 5.51. The lowest BCUT2D eigenvalue weighted by atomic mass is 9.94. The summed E-state index contributed by atoms with van der Waals surface area (Å²) in [7, 11) is -1.18. The van der Waals surface area contributed by atoms with Gasteiger partial charge in [-0.3, -0.25) is 0 Å². The lowest BCUT2D eigenvalue weighted by Crippen LogP contribution is -2.22. The third kappa shape index (κ3) is 5.38. The van der Waals surface area contributed by atoms with Crippen molar-refractivity contribution in [1.82, 2.24) is 19.7 Å². The number of phenols is 1. The van der Waals surface area contributed by atoms with Crippen LogP contribution in [0, 0.1) is 6.92 Å². The lowest BCUT2D eigenvalue weighted by Gasteiger charge is -2.15. The highest BCUT2D eigenvalue weighted by Crippen LogP contribution is 2.36. The van der Waals surface area contributed by atoms with Crippen molar-refractivity contribution in [2.45, 2.75) is 52.2 Å². The number of hydrogen-bond donors (Lipinski definition) is 3. The van der Waals surface area contributed by atoms with Crippen LogP contribution in [0.15, 0.2) is 54.6 Å². The number of aliphatic hydroxyl groups is 1. The van der Waals surface area contributed by atoms with Crippen LogP contribution in [-0.4, -0.2) is 51.2 Å². The van der Waals surface area contributed by atoms with Crippen LogP contribution >= 0.6 is 0 Å². The number of aromatic amines is 1. The number of phenolic OH excluding ortho intramolecular Hbond substituents is 1. The molecule has 2 heterocycles. The van der Waals surface area contributed by atoms with Crippen LogP contribution < -0.4 is 0 Å². The summed E-state index contributed by atoms with van der Waals surface area (Å²) in [6.07, 6.45) is 1.27. The molecule has 38 heavy (non-hydrogen) atoms. The standard InChI is InChI=1S/C30H36N4O3Si/c1-20-23(13-11-21(29(20)36)8-7-15-35)22-12-14-27-24(18-22)28(30-31-25-9-5-6-10-26(25)32-30)33-34(27)19-37-16-17-38(2,3)4/h5-6,9-14,18,35-36H,7-8,15-17,19H2,1-4H3,(H,31,32). The number of imidazole rings is 1. The van der Waals surface area contributed by atoms with E-state index in [4.69, 9.17) is 14.8 Å². The number of ether oxygens (including phenoxy) is 1. The number of nitrogens with zero attached hydrogens (tertiary/aromatic N) is 3. The average Bonchev–Trinajstić information content (AvgIpc) is 3.48. The number of rotatable bonds is 10. The maximum Gasteiger partial charge on any atom is 0.159 e. The molecule has 5 aromatic rings. The first-order chi connectivity index (χ1) is 18.2. The summed E-state index contributed by atoms with van der Waals surface area (Å²) in [5.41, 5.74) is 7.24. The Bertz CT molecular complexity index is 1550. The third-order valence-electron chi connectivity index (χ3n) is 7.00. The summed E-state index contributed by atoms with van der Waals surface area (Å²) in [5.74, 6) is 1.01. The zero-order chi connectivity index (χ0) is 26.9. The Hall–Kier alpha value is -3.46. The number of aryl methyl sites for hydroxylation is 1. The van der Waals surface area contributed by atoms with Gasteiger partial charge >= 0.3 is 0 Å². The van der Waals surface area contributed by atoms with Gasteiger partial charge in [0.2, 0.25) is 0 Å². The van der Waals surface area contributed by atoms with E-state index < -0.39 is 8.07 Å². The van der Waals surface area contributed by atoms with Crippen LogP contribution in [0.3, 0.4) is 0 Å². The highest BCUT2D eigenvalue weighted by molar-refractivity contribution is 6.76. The zero-order valence-corrected chi connectivity index (χ0v) is 23.6. The minimum absolute atomic E-state index is 0.104. The molecular weight excluding hydrogens is 492 g/mol. The van der Waals surface area contributed by atoms with Gasteiger partial charge in [0.05, 0.1) is 16.6 Å². The minimum atomic E-state index is -1.18. The van der Waals surface area contributed by atoms with E-state index in [-0.39, 0.29) is 6.61 Å². The van der Waals surface area contributed by atoms with Gasteiger partial charge in [-0.1, -0.05) is 50.0 Å². The first-order valence-electron chi connectivity index (χ1n) is 13.2. The van der Waals surface area contributed by atoms with E-state index in [0.29, 0.717) is 31.1 Å². The van der Waals surface area contributed by atoms with Gasteiger partial charge in [-0.05, 0) is 72.3 Å². The molecular formula is C30H36N4O3Si. The molecule has 0 saturated carbocycles. The summed E-state index contributed by atoms with van der Waals surface area (Å²) in [6.45, 7) is 10.2. The molecule has 0 aliphatic rings. The molecule has 0 atom stereocenters. The summed E-state index contributed by atoms with van der Waals surface area (Å²) in [5, 5.41) is 26.0. The molecule has 0 unspecified atom stereocenters. The van der Waals surface area contributed by atoms with Crippen molar-refractivity contribution < 1.29 is 14.9 Å². The van der Waals surface area contributed by atoms with Crippen molar-refractivity contribution in [3.8, 4) is 28.4 Å². The molecule has 5 rings (SSSR count). The molecule has 2 aromatic heterocycles. The molecule has 0 bridgehead atoms. The molecule has 0 amide bonds. The predicted octanol–water partition coefficient (Wildman–Crippen LogP) is 6.50. The van der Waals surface area contributed by atoms with Gasteiger partial charge in [0, 0.05) is 26.7 Å². The second-order valence-corrected chi connectivity index (χ2v) is 16.7. The van der Waals surface area contributed by atoms with Crippen LogP contribution in [0.1, 0.15) is 17.5 Å². The number of aliphatic hydroxyl groups excluding tert-OH is 1. The number of nitrogens with one attached hydrogen (secondary N) is 1. The Morgan fingerprint density at radius 3 is 2.63 bits per heavy atom.